The normalized spacial score (nSPS) is 11.7. The second kappa shape index (κ2) is 6.95. The molecule has 0 bridgehead atoms. The van der Waals surface area contributed by atoms with Gasteiger partial charge in [-0.2, -0.15) is 0 Å². The number of furan rings is 1. The molecule has 0 radical (unpaired) electrons. The Morgan fingerprint density at radius 1 is 1.33 bits per heavy atom. The van der Waals surface area contributed by atoms with E-state index in [0.29, 0.717) is 16.3 Å². The minimum Gasteiger partial charge on any atom is -0.467 e. The average Bonchev–Trinajstić information content (AvgIpc) is 2.99. The summed E-state index contributed by atoms with van der Waals surface area (Å²) in [6, 6.07) is 9.52. The second-order valence-electron chi connectivity index (χ2n) is 4.39. The molecule has 1 atom stereocenters. The molecule has 0 aliphatic rings. The summed E-state index contributed by atoms with van der Waals surface area (Å²) < 4.78 is 10.1. The number of hydrogen-bond acceptors (Lipinski definition) is 4. The summed E-state index contributed by atoms with van der Waals surface area (Å²) in [6.45, 7) is 1.41. The SMILES string of the molecule is C[C@@H](NC(=O)COC(=O)c1cccc(Cl)c1)c1ccco1. The fourth-order valence-electron chi connectivity index (χ4n) is 1.72. The minimum absolute atomic E-state index is 0.294. The first-order valence-electron chi connectivity index (χ1n) is 6.31. The molecule has 1 heterocycles. The van der Waals surface area contributed by atoms with Crippen LogP contribution in [0.5, 0.6) is 0 Å². The average molecular weight is 308 g/mol. The topological polar surface area (TPSA) is 68.5 Å². The highest BCUT2D eigenvalue weighted by molar-refractivity contribution is 6.30. The number of nitrogens with one attached hydrogen (secondary N) is 1. The van der Waals surface area contributed by atoms with Crippen molar-refractivity contribution in [3.63, 3.8) is 0 Å². The summed E-state index contributed by atoms with van der Waals surface area (Å²) >= 11 is 5.78. The van der Waals surface area contributed by atoms with Crippen LogP contribution in [0.25, 0.3) is 0 Å². The van der Waals surface area contributed by atoms with Crippen molar-refractivity contribution < 1.29 is 18.7 Å². The van der Waals surface area contributed by atoms with Gasteiger partial charge in [-0.3, -0.25) is 4.79 Å². The molecule has 21 heavy (non-hydrogen) atoms. The van der Waals surface area contributed by atoms with Crippen LogP contribution in [0.2, 0.25) is 5.02 Å². The molecule has 1 aromatic carbocycles. The van der Waals surface area contributed by atoms with Gasteiger partial charge in [0.15, 0.2) is 6.61 Å². The van der Waals surface area contributed by atoms with Gasteiger partial charge in [-0.05, 0) is 37.3 Å². The number of carbonyl (C=O) groups excluding carboxylic acids is 2. The van der Waals surface area contributed by atoms with Gasteiger partial charge in [0.1, 0.15) is 5.76 Å². The van der Waals surface area contributed by atoms with Crippen LogP contribution in [0.1, 0.15) is 29.1 Å². The lowest BCUT2D eigenvalue weighted by Crippen LogP contribution is -2.30. The fraction of sp³-hybridized carbons (Fsp3) is 0.200. The van der Waals surface area contributed by atoms with Gasteiger partial charge >= 0.3 is 5.97 Å². The summed E-state index contributed by atoms with van der Waals surface area (Å²) in [6.07, 6.45) is 1.52. The molecule has 1 N–H and O–H groups in total. The molecule has 0 saturated heterocycles. The zero-order valence-electron chi connectivity index (χ0n) is 11.3. The number of carbonyl (C=O) groups is 2. The third-order valence-corrected chi connectivity index (χ3v) is 2.98. The molecular weight excluding hydrogens is 294 g/mol. The molecule has 2 aromatic rings. The molecule has 6 heteroatoms. The van der Waals surface area contributed by atoms with Gasteiger partial charge in [-0.15, -0.1) is 0 Å². The Morgan fingerprint density at radius 2 is 2.14 bits per heavy atom. The van der Waals surface area contributed by atoms with Crippen molar-refractivity contribution in [1.29, 1.82) is 0 Å². The van der Waals surface area contributed by atoms with E-state index in [9.17, 15) is 9.59 Å². The Labute approximate surface area is 126 Å². The van der Waals surface area contributed by atoms with E-state index in [1.54, 1.807) is 37.3 Å². The van der Waals surface area contributed by atoms with Gasteiger partial charge in [-0.1, -0.05) is 17.7 Å². The Hall–Kier alpha value is -2.27. The van der Waals surface area contributed by atoms with Gasteiger partial charge in [0.25, 0.3) is 5.91 Å². The lowest BCUT2D eigenvalue weighted by Gasteiger charge is -2.11. The number of halogens is 1. The minimum atomic E-state index is -0.599. The van der Waals surface area contributed by atoms with Crippen molar-refractivity contribution in [2.75, 3.05) is 6.61 Å². The molecule has 5 nitrogen and oxygen atoms in total. The van der Waals surface area contributed by atoms with Crippen LogP contribution in [-0.4, -0.2) is 18.5 Å². The molecule has 0 aliphatic carbocycles. The van der Waals surface area contributed by atoms with Crippen LogP contribution in [0, 0.1) is 0 Å². The Bertz CT molecular complexity index is 624. The van der Waals surface area contributed by atoms with Crippen LogP contribution < -0.4 is 5.32 Å². The van der Waals surface area contributed by atoms with Gasteiger partial charge in [0.05, 0.1) is 17.9 Å². The van der Waals surface area contributed by atoms with E-state index < -0.39 is 11.9 Å². The third kappa shape index (κ3) is 4.36. The molecule has 0 fully saturated rings. The zero-order valence-corrected chi connectivity index (χ0v) is 12.1. The first kappa shape index (κ1) is 15.1. The Morgan fingerprint density at radius 3 is 2.81 bits per heavy atom. The first-order valence-corrected chi connectivity index (χ1v) is 6.69. The van der Waals surface area contributed by atoms with Crippen molar-refractivity contribution in [2.24, 2.45) is 0 Å². The maximum Gasteiger partial charge on any atom is 0.338 e. The molecular formula is C15H14ClNO4. The van der Waals surface area contributed by atoms with Crippen LogP contribution in [0.3, 0.4) is 0 Å². The van der Waals surface area contributed by atoms with Gasteiger partial charge in [-0.25, -0.2) is 4.79 Å². The highest BCUT2D eigenvalue weighted by Gasteiger charge is 2.14. The largest absolute Gasteiger partial charge is 0.467 e. The maximum absolute atomic E-state index is 11.7. The van der Waals surface area contributed by atoms with Crippen molar-refractivity contribution in [2.45, 2.75) is 13.0 Å². The highest BCUT2D eigenvalue weighted by atomic mass is 35.5. The molecule has 1 aromatic heterocycles. The van der Waals surface area contributed by atoms with Gasteiger partial charge < -0.3 is 14.5 Å². The van der Waals surface area contributed by atoms with Crippen molar-refractivity contribution in [1.82, 2.24) is 5.32 Å². The monoisotopic (exact) mass is 307 g/mol. The number of benzene rings is 1. The Kier molecular flexibility index (Phi) is 5.00. The predicted molar refractivity (Wildman–Crippen MR) is 77.0 cm³/mol. The summed E-state index contributed by atoms with van der Waals surface area (Å²) in [7, 11) is 0. The number of ether oxygens (including phenoxy) is 1. The van der Waals surface area contributed by atoms with E-state index in [2.05, 4.69) is 5.32 Å². The quantitative estimate of drug-likeness (QED) is 0.862. The smallest absolute Gasteiger partial charge is 0.338 e. The van der Waals surface area contributed by atoms with Crippen molar-refractivity contribution >= 4 is 23.5 Å². The first-order chi connectivity index (χ1) is 10.1. The van der Waals surface area contributed by atoms with Gasteiger partial charge in [0.2, 0.25) is 0 Å². The summed E-state index contributed by atoms with van der Waals surface area (Å²) in [5, 5.41) is 3.10. The van der Waals surface area contributed by atoms with E-state index in [0.717, 1.165) is 0 Å². The van der Waals surface area contributed by atoms with Crippen LogP contribution in [-0.2, 0) is 9.53 Å². The number of hydrogen-bond donors (Lipinski definition) is 1. The number of amides is 1. The second-order valence-corrected chi connectivity index (χ2v) is 4.83. The Balaban J connectivity index is 1.82. The standard InChI is InChI=1S/C15H14ClNO4/c1-10(13-6-3-7-20-13)17-14(18)9-21-15(19)11-4-2-5-12(16)8-11/h2-8,10H,9H2,1H3,(H,17,18)/t10-/m1/s1. The predicted octanol–water partition coefficient (Wildman–Crippen LogP) is 2.97. The van der Waals surface area contributed by atoms with Crippen LogP contribution in [0.15, 0.2) is 47.1 Å². The molecule has 110 valence electrons. The third-order valence-electron chi connectivity index (χ3n) is 2.74. The number of esters is 1. The van der Waals surface area contributed by atoms with E-state index in [1.807, 2.05) is 0 Å². The lowest BCUT2D eigenvalue weighted by molar-refractivity contribution is -0.125. The maximum atomic E-state index is 11.7. The van der Waals surface area contributed by atoms with Crippen LogP contribution in [0.4, 0.5) is 0 Å². The molecule has 0 spiro atoms. The van der Waals surface area contributed by atoms with E-state index in [4.69, 9.17) is 20.8 Å². The fourth-order valence-corrected chi connectivity index (χ4v) is 1.91. The van der Waals surface area contributed by atoms with Crippen molar-refractivity contribution in [3.8, 4) is 0 Å². The summed E-state index contributed by atoms with van der Waals surface area (Å²) in [5.74, 6) is -0.378. The zero-order chi connectivity index (χ0) is 15.2. The van der Waals surface area contributed by atoms with E-state index in [-0.39, 0.29) is 12.6 Å². The molecule has 0 unspecified atom stereocenters. The van der Waals surface area contributed by atoms with Gasteiger partial charge in [0, 0.05) is 5.02 Å². The summed E-state index contributed by atoms with van der Waals surface area (Å²) in [5.41, 5.74) is 0.300. The molecule has 1 amide bonds. The van der Waals surface area contributed by atoms with E-state index in [1.165, 1.54) is 12.3 Å². The number of rotatable bonds is 5. The molecule has 2 rings (SSSR count). The molecule has 0 aliphatic heterocycles. The summed E-state index contributed by atoms with van der Waals surface area (Å²) in [4.78, 5) is 23.4. The van der Waals surface area contributed by atoms with E-state index >= 15 is 0 Å². The lowest BCUT2D eigenvalue weighted by atomic mass is 10.2. The van der Waals surface area contributed by atoms with Crippen molar-refractivity contribution in [3.05, 3.63) is 59.0 Å². The highest BCUT2D eigenvalue weighted by Crippen LogP contribution is 2.13. The van der Waals surface area contributed by atoms with Crippen LogP contribution >= 0.6 is 11.6 Å². The molecule has 0 saturated carbocycles.